The number of carbonyl (C=O) groups is 1. The Hall–Kier alpha value is -4.36. The quantitative estimate of drug-likeness (QED) is 0.247. The lowest BCUT2D eigenvalue weighted by Crippen LogP contribution is -2.54. The van der Waals surface area contributed by atoms with E-state index in [0.717, 1.165) is 23.7 Å². The molecule has 2 N–H and O–H groups in total. The van der Waals surface area contributed by atoms with Crippen molar-refractivity contribution in [1.29, 1.82) is 0 Å². The zero-order valence-electron chi connectivity index (χ0n) is 24.0. The van der Waals surface area contributed by atoms with Crippen molar-refractivity contribution in [2.45, 2.75) is 36.8 Å². The third-order valence-corrected chi connectivity index (χ3v) is 9.27. The van der Waals surface area contributed by atoms with E-state index in [1.54, 1.807) is 11.0 Å². The van der Waals surface area contributed by atoms with Gasteiger partial charge in [-0.2, -0.15) is 4.98 Å². The Morgan fingerprint density at radius 3 is 2.59 bits per heavy atom. The SMILES string of the molecule is C=CC(=O)N1CCN(c2nc(=O)n(-c3c(C4CC4)ccnc3S(C)(=O)=O)c3nc(-c4c(N)cccc4F)c(Cl)cc23)[C@@H](C)C1. The highest BCUT2D eigenvalue weighted by Gasteiger charge is 2.34. The van der Waals surface area contributed by atoms with E-state index in [1.807, 2.05) is 11.8 Å². The molecule has 1 aliphatic heterocycles. The summed E-state index contributed by atoms with van der Waals surface area (Å²) in [4.78, 5) is 43.3. The monoisotopic (exact) mass is 637 g/mol. The number of halogens is 2. The number of hydrogen-bond donors (Lipinski definition) is 1. The van der Waals surface area contributed by atoms with E-state index >= 15 is 4.39 Å². The molecular formula is C30H29ClFN7O4S. The Bertz CT molecular complexity index is 2010. The molecule has 4 aromatic rings. The molecule has 6 rings (SSSR count). The summed E-state index contributed by atoms with van der Waals surface area (Å²) >= 11 is 6.76. The zero-order valence-corrected chi connectivity index (χ0v) is 25.6. The summed E-state index contributed by atoms with van der Waals surface area (Å²) in [5.74, 6) is -0.617. The van der Waals surface area contributed by atoms with E-state index in [9.17, 15) is 18.0 Å². The standard InChI is InChI=1S/C30H29ClFN7O4S/c1-4-23(40)37-12-13-38(16(2)15-37)27-19-14-20(31)25(24-21(32)6-5-7-22(24)33)35-28(19)39(30(41)36-27)26-18(17-8-9-17)10-11-34-29(26)44(3,42)43/h4-7,10-11,14,16-17H,1,8-9,12-13,15,33H2,2-3H3/t16-/m0/s1. The highest BCUT2D eigenvalue weighted by molar-refractivity contribution is 7.90. The Kier molecular flexibility index (Phi) is 7.41. The molecule has 2 aliphatic rings. The molecule has 1 aliphatic carbocycles. The van der Waals surface area contributed by atoms with Crippen LogP contribution in [-0.4, -0.2) is 70.7 Å². The smallest absolute Gasteiger partial charge is 0.355 e. The van der Waals surface area contributed by atoms with Gasteiger partial charge in [-0.15, -0.1) is 0 Å². The minimum atomic E-state index is -3.92. The molecule has 11 nitrogen and oxygen atoms in total. The zero-order chi connectivity index (χ0) is 31.5. The van der Waals surface area contributed by atoms with Crippen molar-refractivity contribution in [2.24, 2.45) is 0 Å². The Labute approximate surface area is 257 Å². The van der Waals surface area contributed by atoms with Crippen LogP contribution < -0.4 is 16.3 Å². The number of aromatic nitrogens is 4. The summed E-state index contributed by atoms with van der Waals surface area (Å²) in [5, 5.41) is 0.0785. The van der Waals surface area contributed by atoms with E-state index < -0.39 is 21.3 Å². The lowest BCUT2D eigenvalue weighted by Gasteiger charge is -2.40. The Morgan fingerprint density at radius 1 is 1.20 bits per heavy atom. The average molecular weight is 638 g/mol. The van der Waals surface area contributed by atoms with E-state index in [1.165, 1.54) is 36.5 Å². The van der Waals surface area contributed by atoms with Crippen LogP contribution in [0.25, 0.3) is 28.0 Å². The van der Waals surface area contributed by atoms with Crippen LogP contribution in [0.3, 0.4) is 0 Å². The third kappa shape index (κ3) is 5.09. The van der Waals surface area contributed by atoms with Gasteiger partial charge in [0.2, 0.25) is 5.91 Å². The lowest BCUT2D eigenvalue weighted by atomic mass is 10.1. The number of anilines is 2. The van der Waals surface area contributed by atoms with Gasteiger partial charge in [0.05, 0.1) is 27.4 Å². The van der Waals surface area contributed by atoms with Crippen molar-refractivity contribution in [3.05, 3.63) is 76.1 Å². The summed E-state index contributed by atoms with van der Waals surface area (Å²) in [5.41, 5.74) is 6.05. The van der Waals surface area contributed by atoms with Crippen LogP contribution in [0.2, 0.25) is 5.02 Å². The number of benzene rings is 1. The van der Waals surface area contributed by atoms with Gasteiger partial charge in [0.15, 0.2) is 20.5 Å². The van der Waals surface area contributed by atoms with Crippen LogP contribution in [0, 0.1) is 5.82 Å². The Morgan fingerprint density at radius 2 is 1.95 bits per heavy atom. The fourth-order valence-electron chi connectivity index (χ4n) is 5.76. The largest absolute Gasteiger partial charge is 0.398 e. The van der Waals surface area contributed by atoms with Crippen molar-refractivity contribution >= 4 is 49.9 Å². The number of carbonyl (C=O) groups excluding carboxylic acids is 1. The van der Waals surface area contributed by atoms with Gasteiger partial charge in [0, 0.05) is 43.8 Å². The van der Waals surface area contributed by atoms with Crippen molar-refractivity contribution in [3.8, 4) is 16.9 Å². The summed E-state index contributed by atoms with van der Waals surface area (Å²) < 4.78 is 42.3. The van der Waals surface area contributed by atoms with Gasteiger partial charge in [-0.3, -0.25) is 4.79 Å². The molecule has 0 radical (unpaired) electrons. The van der Waals surface area contributed by atoms with Crippen LogP contribution >= 0.6 is 11.6 Å². The lowest BCUT2D eigenvalue weighted by molar-refractivity contribution is -0.126. The minimum Gasteiger partial charge on any atom is -0.398 e. The number of piperazine rings is 1. The number of pyridine rings is 2. The van der Waals surface area contributed by atoms with Crippen LogP contribution in [0.4, 0.5) is 15.9 Å². The van der Waals surface area contributed by atoms with Gasteiger partial charge in [-0.05, 0) is 61.6 Å². The first-order chi connectivity index (χ1) is 20.9. The first-order valence-electron chi connectivity index (χ1n) is 14.0. The molecule has 0 unspecified atom stereocenters. The maximum absolute atomic E-state index is 15.2. The molecule has 1 saturated carbocycles. The number of hydrogen-bond acceptors (Lipinski definition) is 9. The number of rotatable bonds is 6. The normalized spacial score (nSPS) is 17.2. The second kappa shape index (κ2) is 11.0. The van der Waals surface area contributed by atoms with Crippen LogP contribution in [0.15, 0.2) is 59.0 Å². The molecule has 14 heteroatoms. The predicted molar refractivity (Wildman–Crippen MR) is 166 cm³/mol. The van der Waals surface area contributed by atoms with Gasteiger partial charge in [0.25, 0.3) is 0 Å². The first kappa shape index (κ1) is 29.7. The molecule has 1 saturated heterocycles. The number of nitrogen functional groups attached to an aromatic ring is 1. The summed E-state index contributed by atoms with van der Waals surface area (Å²) in [6, 6.07) is 7.13. The number of sulfone groups is 1. The summed E-state index contributed by atoms with van der Waals surface area (Å²) in [7, 11) is -3.92. The highest BCUT2D eigenvalue weighted by Crippen LogP contribution is 2.45. The van der Waals surface area contributed by atoms with E-state index in [-0.39, 0.29) is 62.0 Å². The second-order valence-electron chi connectivity index (χ2n) is 11.1. The van der Waals surface area contributed by atoms with Crippen LogP contribution in [-0.2, 0) is 14.6 Å². The topological polar surface area (TPSA) is 144 Å². The first-order valence-corrected chi connectivity index (χ1v) is 16.2. The number of nitrogens with two attached hydrogens (primary N) is 1. The highest BCUT2D eigenvalue weighted by atomic mass is 35.5. The van der Waals surface area contributed by atoms with Crippen molar-refractivity contribution in [3.63, 3.8) is 0 Å². The number of amides is 1. The summed E-state index contributed by atoms with van der Waals surface area (Å²) in [6.07, 6.45) is 5.29. The molecular weight excluding hydrogens is 609 g/mol. The molecule has 1 amide bonds. The second-order valence-corrected chi connectivity index (χ2v) is 13.4. The minimum absolute atomic E-state index is 0.0126. The van der Waals surface area contributed by atoms with Gasteiger partial charge < -0.3 is 15.5 Å². The third-order valence-electron chi connectivity index (χ3n) is 7.98. The van der Waals surface area contributed by atoms with Gasteiger partial charge in [0.1, 0.15) is 11.6 Å². The number of nitrogens with zero attached hydrogens (tertiary/aromatic N) is 6. The molecule has 3 aromatic heterocycles. The molecule has 44 heavy (non-hydrogen) atoms. The van der Waals surface area contributed by atoms with Gasteiger partial charge >= 0.3 is 5.69 Å². The molecule has 1 atom stereocenters. The van der Waals surface area contributed by atoms with E-state index in [0.29, 0.717) is 30.6 Å². The Balaban J connectivity index is 1.69. The molecule has 1 aromatic carbocycles. The maximum Gasteiger partial charge on any atom is 0.355 e. The van der Waals surface area contributed by atoms with Crippen molar-refractivity contribution in [2.75, 3.05) is 36.5 Å². The average Bonchev–Trinajstić information content (AvgIpc) is 3.82. The molecule has 0 bridgehead atoms. The van der Waals surface area contributed by atoms with E-state index in [2.05, 4.69) is 16.5 Å². The fourth-order valence-corrected chi connectivity index (χ4v) is 6.82. The fraction of sp³-hybridized carbons (Fsp3) is 0.300. The molecule has 4 heterocycles. The summed E-state index contributed by atoms with van der Waals surface area (Å²) in [6.45, 7) is 6.48. The molecule has 228 valence electrons. The van der Waals surface area contributed by atoms with Gasteiger partial charge in [-0.1, -0.05) is 24.2 Å². The van der Waals surface area contributed by atoms with Crippen LogP contribution in [0.5, 0.6) is 0 Å². The predicted octanol–water partition coefficient (Wildman–Crippen LogP) is 3.72. The van der Waals surface area contributed by atoms with Crippen molar-refractivity contribution < 1.29 is 17.6 Å². The van der Waals surface area contributed by atoms with Crippen molar-refractivity contribution in [1.82, 2.24) is 24.4 Å². The van der Waals surface area contributed by atoms with Crippen LogP contribution in [0.1, 0.15) is 31.2 Å². The molecule has 2 fully saturated rings. The van der Waals surface area contributed by atoms with E-state index in [4.69, 9.17) is 22.3 Å². The maximum atomic E-state index is 15.2. The number of fused-ring (bicyclic) bond motifs is 1. The molecule has 0 spiro atoms. The van der Waals surface area contributed by atoms with Gasteiger partial charge in [-0.25, -0.2) is 32.1 Å².